The first kappa shape index (κ1) is 15.3. The molecule has 21 heavy (non-hydrogen) atoms. The normalized spacial score (nSPS) is 12.0. The summed E-state index contributed by atoms with van der Waals surface area (Å²) in [5.41, 5.74) is 2.32. The number of nitrogens with zero attached hydrogens (tertiary/aromatic N) is 1. The fourth-order valence-corrected chi connectivity index (χ4v) is 2.31. The predicted molar refractivity (Wildman–Crippen MR) is 83.9 cm³/mol. The van der Waals surface area contributed by atoms with Gasteiger partial charge >= 0.3 is 0 Å². The van der Waals surface area contributed by atoms with Crippen molar-refractivity contribution in [1.82, 2.24) is 10.3 Å². The number of pyridine rings is 1. The molecule has 0 aliphatic heterocycles. The van der Waals surface area contributed by atoms with E-state index in [2.05, 4.69) is 16.4 Å². The average Bonchev–Trinajstić information content (AvgIpc) is 2.54. The largest absolute Gasteiger partial charge is 0.494 e. The van der Waals surface area contributed by atoms with E-state index < -0.39 is 0 Å². The number of para-hydroxylation sites is 1. The van der Waals surface area contributed by atoms with E-state index in [9.17, 15) is 0 Å². The molecule has 4 heteroatoms. The van der Waals surface area contributed by atoms with Gasteiger partial charge in [-0.05, 0) is 32.0 Å². The Balaban J connectivity index is 2.19. The van der Waals surface area contributed by atoms with Gasteiger partial charge in [-0.1, -0.05) is 24.3 Å². The zero-order valence-corrected chi connectivity index (χ0v) is 12.8. The molecule has 1 unspecified atom stereocenters. The summed E-state index contributed by atoms with van der Waals surface area (Å²) < 4.78 is 10.8. The number of likely N-dealkylation sites (N-methyl/N-ethyl adjacent to an activating group) is 1. The van der Waals surface area contributed by atoms with Crippen molar-refractivity contribution < 1.29 is 9.47 Å². The van der Waals surface area contributed by atoms with Crippen LogP contribution in [0.2, 0.25) is 0 Å². The summed E-state index contributed by atoms with van der Waals surface area (Å²) in [7, 11) is 3.58. The lowest BCUT2D eigenvalue weighted by atomic mass is 9.99. The van der Waals surface area contributed by atoms with E-state index in [-0.39, 0.29) is 6.04 Å². The molecule has 1 aromatic heterocycles. The number of benzene rings is 1. The molecule has 1 aromatic carbocycles. The van der Waals surface area contributed by atoms with Crippen molar-refractivity contribution in [2.24, 2.45) is 0 Å². The Bertz CT molecular complexity index is 555. The van der Waals surface area contributed by atoms with Crippen LogP contribution < -0.4 is 14.8 Å². The fourth-order valence-electron chi connectivity index (χ4n) is 2.31. The van der Waals surface area contributed by atoms with E-state index >= 15 is 0 Å². The summed E-state index contributed by atoms with van der Waals surface area (Å²) in [5.74, 6) is 1.57. The summed E-state index contributed by atoms with van der Waals surface area (Å²) in [6, 6.07) is 12.3. The van der Waals surface area contributed by atoms with Crippen LogP contribution in [-0.4, -0.2) is 25.7 Å². The van der Waals surface area contributed by atoms with E-state index in [4.69, 9.17) is 9.47 Å². The molecule has 4 nitrogen and oxygen atoms in total. The lowest BCUT2D eigenvalue weighted by Gasteiger charge is -2.20. The molecule has 2 aromatic rings. The fraction of sp³-hybridized carbons (Fsp3) is 0.353. The molecule has 0 bridgehead atoms. The van der Waals surface area contributed by atoms with Gasteiger partial charge in [0.15, 0.2) is 0 Å². The van der Waals surface area contributed by atoms with Gasteiger partial charge in [0.1, 0.15) is 5.75 Å². The minimum atomic E-state index is 0.183. The number of aromatic nitrogens is 1. The third-order valence-electron chi connectivity index (χ3n) is 3.39. The lowest BCUT2D eigenvalue weighted by molar-refractivity contribution is 0.332. The first-order valence-corrected chi connectivity index (χ1v) is 7.16. The van der Waals surface area contributed by atoms with Crippen LogP contribution in [0, 0.1) is 0 Å². The Morgan fingerprint density at radius 2 is 2.00 bits per heavy atom. The van der Waals surface area contributed by atoms with E-state index in [1.165, 1.54) is 0 Å². The molecule has 0 aliphatic rings. The number of ether oxygens (including phenoxy) is 2. The molecule has 0 amide bonds. The number of rotatable bonds is 7. The Morgan fingerprint density at radius 1 is 1.19 bits per heavy atom. The molecule has 2 rings (SSSR count). The SMILES string of the molecule is CCOc1ccccc1C(Cc1ccc(OC)nc1)NC. The van der Waals surface area contributed by atoms with Crippen LogP contribution in [0.1, 0.15) is 24.1 Å². The number of nitrogens with one attached hydrogen (secondary N) is 1. The van der Waals surface area contributed by atoms with Crippen molar-refractivity contribution in [3.63, 3.8) is 0 Å². The minimum absolute atomic E-state index is 0.183. The third kappa shape index (κ3) is 3.95. The molecule has 0 aliphatic carbocycles. The number of hydrogen-bond acceptors (Lipinski definition) is 4. The Kier molecular flexibility index (Phi) is 5.58. The molecule has 1 atom stereocenters. The van der Waals surface area contributed by atoms with Crippen LogP contribution in [-0.2, 0) is 6.42 Å². The van der Waals surface area contributed by atoms with Crippen molar-refractivity contribution in [2.75, 3.05) is 20.8 Å². The second-order valence-corrected chi connectivity index (χ2v) is 4.73. The molecular formula is C17H22N2O2. The third-order valence-corrected chi connectivity index (χ3v) is 3.39. The molecule has 0 fully saturated rings. The zero-order valence-electron chi connectivity index (χ0n) is 12.8. The molecule has 112 valence electrons. The van der Waals surface area contributed by atoms with Crippen molar-refractivity contribution in [3.8, 4) is 11.6 Å². The Labute approximate surface area is 126 Å². The average molecular weight is 286 g/mol. The summed E-state index contributed by atoms with van der Waals surface area (Å²) >= 11 is 0. The van der Waals surface area contributed by atoms with E-state index in [0.29, 0.717) is 12.5 Å². The second kappa shape index (κ2) is 7.64. The second-order valence-electron chi connectivity index (χ2n) is 4.73. The first-order valence-electron chi connectivity index (χ1n) is 7.16. The Hall–Kier alpha value is -2.07. The maximum Gasteiger partial charge on any atom is 0.212 e. The standard InChI is InChI=1S/C17H22N2O2/c1-4-21-16-8-6-5-7-14(16)15(18-2)11-13-9-10-17(20-3)19-12-13/h5-10,12,15,18H,4,11H2,1-3H3. The molecule has 0 radical (unpaired) electrons. The van der Waals surface area contributed by atoms with Crippen LogP contribution in [0.5, 0.6) is 11.6 Å². The van der Waals surface area contributed by atoms with Gasteiger partial charge in [0.2, 0.25) is 5.88 Å². The van der Waals surface area contributed by atoms with Crippen molar-refractivity contribution in [1.29, 1.82) is 0 Å². The highest BCUT2D eigenvalue weighted by molar-refractivity contribution is 5.37. The zero-order chi connectivity index (χ0) is 15.1. The number of hydrogen-bond donors (Lipinski definition) is 1. The smallest absolute Gasteiger partial charge is 0.212 e. The van der Waals surface area contributed by atoms with Gasteiger partial charge in [-0.2, -0.15) is 0 Å². The lowest BCUT2D eigenvalue weighted by Crippen LogP contribution is -2.20. The van der Waals surface area contributed by atoms with E-state index in [0.717, 1.165) is 23.3 Å². The molecule has 1 N–H and O–H groups in total. The first-order chi connectivity index (χ1) is 10.3. The molecule has 0 saturated heterocycles. The van der Waals surface area contributed by atoms with Crippen LogP contribution in [0.15, 0.2) is 42.6 Å². The van der Waals surface area contributed by atoms with Crippen LogP contribution in [0.3, 0.4) is 0 Å². The van der Waals surface area contributed by atoms with E-state index in [1.807, 2.05) is 50.5 Å². The summed E-state index contributed by atoms with van der Waals surface area (Å²) in [4.78, 5) is 4.26. The van der Waals surface area contributed by atoms with Crippen LogP contribution in [0.4, 0.5) is 0 Å². The maximum atomic E-state index is 5.72. The molecule has 0 spiro atoms. The van der Waals surface area contributed by atoms with Gasteiger partial charge < -0.3 is 14.8 Å². The van der Waals surface area contributed by atoms with Gasteiger partial charge in [0.25, 0.3) is 0 Å². The number of methoxy groups -OCH3 is 1. The highest BCUT2D eigenvalue weighted by Gasteiger charge is 2.15. The maximum absolute atomic E-state index is 5.72. The van der Waals surface area contributed by atoms with Crippen LogP contribution >= 0.6 is 0 Å². The summed E-state index contributed by atoms with van der Waals surface area (Å²) in [5, 5.41) is 3.36. The van der Waals surface area contributed by atoms with Crippen molar-refractivity contribution in [3.05, 3.63) is 53.7 Å². The van der Waals surface area contributed by atoms with Crippen molar-refractivity contribution >= 4 is 0 Å². The van der Waals surface area contributed by atoms with Gasteiger partial charge in [-0.25, -0.2) is 4.98 Å². The molecular weight excluding hydrogens is 264 g/mol. The Morgan fingerprint density at radius 3 is 2.62 bits per heavy atom. The molecule has 0 saturated carbocycles. The summed E-state index contributed by atoms with van der Waals surface area (Å²) in [6.45, 7) is 2.66. The van der Waals surface area contributed by atoms with Gasteiger partial charge in [-0.3, -0.25) is 0 Å². The topological polar surface area (TPSA) is 43.4 Å². The predicted octanol–water partition coefficient (Wildman–Crippen LogP) is 2.99. The monoisotopic (exact) mass is 286 g/mol. The minimum Gasteiger partial charge on any atom is -0.494 e. The molecule has 1 heterocycles. The quantitative estimate of drug-likeness (QED) is 0.849. The van der Waals surface area contributed by atoms with E-state index in [1.54, 1.807) is 7.11 Å². The van der Waals surface area contributed by atoms with Gasteiger partial charge in [-0.15, -0.1) is 0 Å². The van der Waals surface area contributed by atoms with Gasteiger partial charge in [0.05, 0.1) is 13.7 Å². The van der Waals surface area contributed by atoms with Gasteiger partial charge in [0, 0.05) is 23.9 Å². The highest BCUT2D eigenvalue weighted by atomic mass is 16.5. The summed E-state index contributed by atoms with van der Waals surface area (Å²) in [6.07, 6.45) is 2.70. The van der Waals surface area contributed by atoms with Crippen molar-refractivity contribution in [2.45, 2.75) is 19.4 Å². The van der Waals surface area contributed by atoms with Crippen LogP contribution in [0.25, 0.3) is 0 Å². The highest BCUT2D eigenvalue weighted by Crippen LogP contribution is 2.27.